The smallest absolute Gasteiger partial charge is 0.253 e. The van der Waals surface area contributed by atoms with Gasteiger partial charge in [-0.25, -0.2) is 0 Å². The summed E-state index contributed by atoms with van der Waals surface area (Å²) in [4.78, 5) is 13.9. The van der Waals surface area contributed by atoms with E-state index in [1.165, 1.54) is 0 Å². The first-order chi connectivity index (χ1) is 8.61. The van der Waals surface area contributed by atoms with E-state index >= 15 is 0 Å². The molecule has 0 saturated carbocycles. The van der Waals surface area contributed by atoms with Crippen LogP contribution >= 0.6 is 0 Å². The number of carbonyl (C=O) groups excluding carboxylic acids is 1. The molecular formula is C13H19N3O2. The molecule has 0 aromatic heterocycles. The molecule has 1 aromatic rings. The molecule has 1 fully saturated rings. The van der Waals surface area contributed by atoms with Gasteiger partial charge in [-0.15, -0.1) is 0 Å². The average molecular weight is 249 g/mol. The number of aliphatic hydroxyl groups is 1. The Morgan fingerprint density at radius 3 is 2.72 bits per heavy atom. The lowest BCUT2D eigenvalue weighted by molar-refractivity contribution is 0.0963. The number of nitrogens with zero attached hydrogens (tertiary/aromatic N) is 1. The van der Waals surface area contributed by atoms with E-state index in [4.69, 9.17) is 5.73 Å². The maximum Gasteiger partial charge on any atom is 0.253 e. The quantitative estimate of drug-likeness (QED) is 0.670. The minimum Gasteiger partial charge on any atom is -0.399 e. The van der Waals surface area contributed by atoms with E-state index in [-0.39, 0.29) is 12.0 Å². The van der Waals surface area contributed by atoms with E-state index in [2.05, 4.69) is 10.2 Å². The third-order valence-electron chi connectivity index (χ3n) is 3.30. The second kappa shape index (κ2) is 5.27. The van der Waals surface area contributed by atoms with Gasteiger partial charge in [0.05, 0.1) is 17.4 Å². The molecule has 1 saturated heterocycles. The Morgan fingerprint density at radius 2 is 2.11 bits per heavy atom. The highest BCUT2D eigenvalue weighted by atomic mass is 16.3. The molecule has 5 nitrogen and oxygen atoms in total. The van der Waals surface area contributed by atoms with E-state index in [9.17, 15) is 9.90 Å². The summed E-state index contributed by atoms with van der Waals surface area (Å²) in [6.07, 6.45) is 1.22. The fourth-order valence-electron chi connectivity index (χ4n) is 2.24. The fourth-order valence-corrected chi connectivity index (χ4v) is 2.24. The van der Waals surface area contributed by atoms with Gasteiger partial charge < -0.3 is 21.1 Å². The van der Waals surface area contributed by atoms with Gasteiger partial charge >= 0.3 is 0 Å². The van der Waals surface area contributed by atoms with Gasteiger partial charge in [0.15, 0.2) is 0 Å². The van der Waals surface area contributed by atoms with Crippen LogP contribution in [0, 0.1) is 0 Å². The van der Waals surface area contributed by atoms with Crippen LogP contribution in [0.15, 0.2) is 18.2 Å². The van der Waals surface area contributed by atoms with E-state index in [0.717, 1.165) is 31.6 Å². The normalized spacial score (nSPS) is 16.7. The van der Waals surface area contributed by atoms with Crippen LogP contribution in [0.25, 0.3) is 0 Å². The van der Waals surface area contributed by atoms with Crippen molar-refractivity contribution in [2.24, 2.45) is 0 Å². The summed E-state index contributed by atoms with van der Waals surface area (Å²) in [6.45, 7) is 1.49. The van der Waals surface area contributed by atoms with E-state index in [1.807, 2.05) is 6.07 Å². The zero-order valence-electron chi connectivity index (χ0n) is 10.5. The van der Waals surface area contributed by atoms with Gasteiger partial charge in [0.1, 0.15) is 0 Å². The van der Waals surface area contributed by atoms with Crippen LogP contribution in [0.1, 0.15) is 23.2 Å². The van der Waals surface area contributed by atoms with Gasteiger partial charge in [0.25, 0.3) is 5.91 Å². The summed E-state index contributed by atoms with van der Waals surface area (Å²) in [5.41, 5.74) is 7.91. The lowest BCUT2D eigenvalue weighted by atomic mass is 10.0. The van der Waals surface area contributed by atoms with Crippen LogP contribution in [0.5, 0.6) is 0 Å². The molecule has 18 heavy (non-hydrogen) atoms. The van der Waals surface area contributed by atoms with Gasteiger partial charge in [-0.3, -0.25) is 4.79 Å². The van der Waals surface area contributed by atoms with Crippen LogP contribution in [0.2, 0.25) is 0 Å². The number of nitrogens with one attached hydrogen (secondary N) is 1. The molecule has 0 radical (unpaired) electrons. The van der Waals surface area contributed by atoms with Crippen LogP contribution in [-0.2, 0) is 0 Å². The number of benzene rings is 1. The Hall–Kier alpha value is -1.75. The van der Waals surface area contributed by atoms with Gasteiger partial charge in [-0.2, -0.15) is 0 Å². The van der Waals surface area contributed by atoms with E-state index in [1.54, 1.807) is 19.2 Å². The summed E-state index contributed by atoms with van der Waals surface area (Å²) in [6, 6.07) is 5.30. The first-order valence-corrected chi connectivity index (χ1v) is 6.16. The number of aliphatic hydroxyl groups excluding tert-OH is 1. The molecule has 1 aromatic carbocycles. The molecule has 0 spiro atoms. The Kier molecular flexibility index (Phi) is 3.72. The summed E-state index contributed by atoms with van der Waals surface area (Å²) in [5, 5.41) is 12.2. The molecule has 1 amide bonds. The Bertz CT molecular complexity index is 440. The number of hydrogen-bond donors (Lipinski definition) is 3. The lowest BCUT2D eigenvalue weighted by Crippen LogP contribution is -2.37. The molecule has 1 heterocycles. The van der Waals surface area contributed by atoms with Crippen LogP contribution in [0.3, 0.4) is 0 Å². The SMILES string of the molecule is CNC(=O)c1ccc(N)cc1N1CCC(O)CC1. The van der Waals surface area contributed by atoms with Gasteiger partial charge in [-0.1, -0.05) is 0 Å². The highest BCUT2D eigenvalue weighted by Gasteiger charge is 2.21. The summed E-state index contributed by atoms with van der Waals surface area (Å²) in [7, 11) is 1.61. The number of hydrogen-bond acceptors (Lipinski definition) is 4. The van der Waals surface area contributed by atoms with Crippen LogP contribution < -0.4 is 16.0 Å². The minimum absolute atomic E-state index is 0.115. The van der Waals surface area contributed by atoms with Crippen molar-refractivity contribution in [3.05, 3.63) is 23.8 Å². The maximum atomic E-state index is 11.8. The second-order valence-corrected chi connectivity index (χ2v) is 4.57. The van der Waals surface area contributed by atoms with Crippen molar-refractivity contribution in [1.82, 2.24) is 5.32 Å². The van der Waals surface area contributed by atoms with Crippen molar-refractivity contribution < 1.29 is 9.90 Å². The number of piperidine rings is 1. The number of anilines is 2. The number of rotatable bonds is 2. The highest BCUT2D eigenvalue weighted by molar-refractivity contribution is 6.00. The summed E-state index contributed by atoms with van der Waals surface area (Å²) < 4.78 is 0. The number of nitrogen functional groups attached to an aromatic ring is 1. The van der Waals surface area contributed by atoms with Crippen LogP contribution in [0.4, 0.5) is 11.4 Å². The van der Waals surface area contributed by atoms with Crippen molar-refractivity contribution >= 4 is 17.3 Å². The highest BCUT2D eigenvalue weighted by Crippen LogP contribution is 2.26. The molecule has 0 bridgehead atoms. The van der Waals surface area contributed by atoms with Crippen molar-refractivity contribution in [3.63, 3.8) is 0 Å². The molecule has 2 rings (SSSR count). The molecule has 0 unspecified atom stereocenters. The molecule has 98 valence electrons. The maximum absolute atomic E-state index is 11.8. The monoisotopic (exact) mass is 249 g/mol. The van der Waals surface area contributed by atoms with Crippen molar-refractivity contribution in [2.45, 2.75) is 18.9 Å². The predicted molar refractivity (Wildman–Crippen MR) is 71.7 cm³/mol. The number of amides is 1. The van der Waals surface area contributed by atoms with Gasteiger partial charge in [-0.05, 0) is 31.0 Å². The van der Waals surface area contributed by atoms with E-state index in [0.29, 0.717) is 11.3 Å². The zero-order valence-corrected chi connectivity index (χ0v) is 10.5. The molecule has 1 aliphatic rings. The largest absolute Gasteiger partial charge is 0.399 e. The zero-order chi connectivity index (χ0) is 13.1. The summed E-state index contributed by atoms with van der Waals surface area (Å²) in [5.74, 6) is -0.115. The molecule has 0 atom stereocenters. The Labute approximate surface area is 107 Å². The summed E-state index contributed by atoms with van der Waals surface area (Å²) >= 11 is 0. The number of carbonyl (C=O) groups is 1. The van der Waals surface area contributed by atoms with E-state index < -0.39 is 0 Å². The third-order valence-corrected chi connectivity index (χ3v) is 3.30. The number of nitrogens with two attached hydrogens (primary N) is 1. The Morgan fingerprint density at radius 1 is 1.44 bits per heavy atom. The average Bonchev–Trinajstić information content (AvgIpc) is 2.38. The minimum atomic E-state index is -0.231. The van der Waals surface area contributed by atoms with Crippen molar-refractivity contribution in [3.8, 4) is 0 Å². The lowest BCUT2D eigenvalue weighted by Gasteiger charge is -2.32. The van der Waals surface area contributed by atoms with Gasteiger partial charge in [0.2, 0.25) is 0 Å². The van der Waals surface area contributed by atoms with Crippen LogP contribution in [-0.4, -0.2) is 37.3 Å². The first kappa shape index (κ1) is 12.7. The third kappa shape index (κ3) is 2.56. The topological polar surface area (TPSA) is 78.6 Å². The molecular weight excluding hydrogens is 230 g/mol. The fraction of sp³-hybridized carbons (Fsp3) is 0.462. The van der Waals surface area contributed by atoms with Crippen molar-refractivity contribution in [2.75, 3.05) is 30.8 Å². The molecule has 5 heteroatoms. The second-order valence-electron chi connectivity index (χ2n) is 4.57. The molecule has 4 N–H and O–H groups in total. The Balaban J connectivity index is 2.30. The van der Waals surface area contributed by atoms with Crippen molar-refractivity contribution in [1.29, 1.82) is 0 Å². The molecule has 1 aliphatic heterocycles. The standard InChI is InChI=1S/C13H19N3O2/c1-15-13(18)11-3-2-9(14)8-12(11)16-6-4-10(17)5-7-16/h2-3,8,10,17H,4-7,14H2,1H3,(H,15,18). The molecule has 0 aliphatic carbocycles. The predicted octanol–water partition coefficient (Wildman–Crippen LogP) is 0.589. The first-order valence-electron chi connectivity index (χ1n) is 6.16. The van der Waals surface area contributed by atoms with Gasteiger partial charge in [0, 0.05) is 25.8 Å².